The number of hydrogen-bond donors (Lipinski definition) is 3. The first-order valence-electron chi connectivity index (χ1n) is 9.28. The van der Waals surface area contributed by atoms with E-state index >= 15 is 0 Å². The molecule has 0 saturated carbocycles. The standard InChI is InChI=1S/C21H21N3O6/c25-18(23-11-20(27)28)9-22-19(26)10-24-21(29)30-12-17-15-7-3-1-5-13(15)14-6-2-4-8-16(14)17/h1-8,17H,9-12H2,(H,22,26)(H,23,25)(H,24,29)(H,27,28)/p-1. The molecule has 2 aromatic rings. The quantitative estimate of drug-likeness (QED) is 0.537. The summed E-state index contributed by atoms with van der Waals surface area (Å²) >= 11 is 0. The summed E-state index contributed by atoms with van der Waals surface area (Å²) in [4.78, 5) is 45.2. The number of carbonyl (C=O) groups excluding carboxylic acids is 4. The molecule has 0 saturated heterocycles. The van der Waals surface area contributed by atoms with Crippen molar-refractivity contribution in [3.05, 3.63) is 59.7 Å². The van der Waals surface area contributed by atoms with Crippen LogP contribution in [0.15, 0.2) is 48.5 Å². The minimum Gasteiger partial charge on any atom is -0.548 e. The van der Waals surface area contributed by atoms with Gasteiger partial charge in [-0.15, -0.1) is 0 Å². The minimum atomic E-state index is -1.44. The smallest absolute Gasteiger partial charge is 0.407 e. The molecule has 0 radical (unpaired) electrons. The lowest BCUT2D eigenvalue weighted by atomic mass is 9.98. The van der Waals surface area contributed by atoms with Crippen molar-refractivity contribution in [2.24, 2.45) is 0 Å². The Morgan fingerprint density at radius 2 is 1.27 bits per heavy atom. The van der Waals surface area contributed by atoms with Crippen LogP contribution in [0.5, 0.6) is 0 Å². The molecule has 9 heteroatoms. The van der Waals surface area contributed by atoms with Gasteiger partial charge in [-0.3, -0.25) is 9.59 Å². The molecule has 0 heterocycles. The van der Waals surface area contributed by atoms with Crippen LogP contribution >= 0.6 is 0 Å². The minimum absolute atomic E-state index is 0.0932. The van der Waals surface area contributed by atoms with Gasteiger partial charge in [0.15, 0.2) is 0 Å². The van der Waals surface area contributed by atoms with E-state index < -0.39 is 37.0 Å². The Balaban J connectivity index is 1.45. The van der Waals surface area contributed by atoms with E-state index in [1.165, 1.54) is 0 Å². The van der Waals surface area contributed by atoms with Gasteiger partial charge in [0.05, 0.1) is 19.1 Å². The molecule has 1 aliphatic rings. The van der Waals surface area contributed by atoms with Crippen LogP contribution in [0.3, 0.4) is 0 Å². The summed E-state index contributed by atoms with van der Waals surface area (Å²) < 4.78 is 5.30. The van der Waals surface area contributed by atoms with Crippen LogP contribution in [-0.2, 0) is 19.1 Å². The molecule has 3 rings (SSSR count). The van der Waals surface area contributed by atoms with Gasteiger partial charge in [0, 0.05) is 5.92 Å². The highest BCUT2D eigenvalue weighted by Gasteiger charge is 2.28. The van der Waals surface area contributed by atoms with Crippen LogP contribution in [0.2, 0.25) is 0 Å². The molecule has 0 atom stereocenters. The first-order valence-corrected chi connectivity index (χ1v) is 9.28. The van der Waals surface area contributed by atoms with Gasteiger partial charge in [0.25, 0.3) is 0 Å². The molecule has 0 bridgehead atoms. The Labute approximate surface area is 172 Å². The van der Waals surface area contributed by atoms with E-state index in [-0.39, 0.29) is 19.1 Å². The molecule has 156 valence electrons. The summed E-state index contributed by atoms with van der Waals surface area (Å²) in [6, 6.07) is 15.9. The number of ether oxygens (including phenoxy) is 1. The van der Waals surface area contributed by atoms with Gasteiger partial charge in [0.1, 0.15) is 13.2 Å². The lowest BCUT2D eigenvalue weighted by Gasteiger charge is -2.14. The molecule has 30 heavy (non-hydrogen) atoms. The van der Waals surface area contributed by atoms with Crippen molar-refractivity contribution >= 4 is 23.9 Å². The van der Waals surface area contributed by atoms with E-state index in [0.29, 0.717) is 0 Å². The summed E-state index contributed by atoms with van der Waals surface area (Å²) in [5.74, 6) is -2.84. The molecule has 9 nitrogen and oxygen atoms in total. The fraction of sp³-hybridized carbons (Fsp3) is 0.238. The fourth-order valence-corrected chi connectivity index (χ4v) is 3.28. The molecule has 0 fully saturated rings. The number of aliphatic carboxylic acids is 1. The van der Waals surface area contributed by atoms with Crippen molar-refractivity contribution in [2.45, 2.75) is 5.92 Å². The number of rotatable bonds is 8. The molecule has 0 spiro atoms. The molecular formula is C21H20N3O6-. The Bertz CT molecular complexity index is 929. The van der Waals surface area contributed by atoms with Crippen molar-refractivity contribution in [2.75, 3.05) is 26.2 Å². The fourth-order valence-electron chi connectivity index (χ4n) is 3.28. The maximum atomic E-state index is 12.0. The molecule has 3 N–H and O–H groups in total. The second-order valence-corrected chi connectivity index (χ2v) is 6.60. The Morgan fingerprint density at radius 3 is 1.83 bits per heavy atom. The van der Waals surface area contributed by atoms with Crippen LogP contribution in [0, 0.1) is 0 Å². The topological polar surface area (TPSA) is 137 Å². The number of nitrogens with one attached hydrogen (secondary N) is 3. The maximum absolute atomic E-state index is 12.0. The van der Waals surface area contributed by atoms with E-state index in [1.54, 1.807) is 0 Å². The zero-order valence-electron chi connectivity index (χ0n) is 16.0. The van der Waals surface area contributed by atoms with Crippen LogP contribution in [0.1, 0.15) is 17.0 Å². The summed E-state index contributed by atoms with van der Waals surface area (Å²) in [5.41, 5.74) is 4.37. The summed E-state index contributed by atoms with van der Waals surface area (Å²) in [5, 5.41) is 16.8. The van der Waals surface area contributed by atoms with Crippen molar-refractivity contribution in [1.29, 1.82) is 0 Å². The Morgan fingerprint density at radius 1 is 0.767 bits per heavy atom. The van der Waals surface area contributed by atoms with Crippen LogP contribution in [-0.4, -0.2) is 50.1 Å². The zero-order valence-corrected chi connectivity index (χ0v) is 16.0. The second-order valence-electron chi connectivity index (χ2n) is 6.60. The van der Waals surface area contributed by atoms with E-state index in [2.05, 4.69) is 10.6 Å². The van der Waals surface area contributed by atoms with Gasteiger partial charge in [0.2, 0.25) is 11.8 Å². The molecule has 3 amide bonds. The first kappa shape index (κ1) is 20.8. The Hall–Kier alpha value is -3.88. The third kappa shape index (κ3) is 5.13. The number of alkyl carbamates (subject to hydrolysis) is 1. The van der Waals surface area contributed by atoms with Crippen molar-refractivity contribution in [3.63, 3.8) is 0 Å². The summed E-state index contributed by atoms with van der Waals surface area (Å²) in [7, 11) is 0. The molecule has 0 unspecified atom stereocenters. The van der Waals surface area contributed by atoms with Crippen LogP contribution < -0.4 is 21.1 Å². The highest BCUT2D eigenvalue weighted by atomic mass is 16.5. The number of carbonyl (C=O) groups is 4. The predicted molar refractivity (Wildman–Crippen MR) is 104 cm³/mol. The van der Waals surface area contributed by atoms with Gasteiger partial charge in [-0.25, -0.2) is 4.79 Å². The van der Waals surface area contributed by atoms with Gasteiger partial charge >= 0.3 is 6.09 Å². The molecule has 0 aromatic heterocycles. The predicted octanol–water partition coefficient (Wildman–Crippen LogP) is -0.493. The van der Waals surface area contributed by atoms with Crippen LogP contribution in [0.25, 0.3) is 11.1 Å². The number of fused-ring (bicyclic) bond motifs is 3. The van der Waals surface area contributed by atoms with Gasteiger partial charge in [-0.05, 0) is 22.3 Å². The van der Waals surface area contributed by atoms with Gasteiger partial charge < -0.3 is 30.6 Å². The monoisotopic (exact) mass is 410 g/mol. The van der Waals surface area contributed by atoms with Crippen molar-refractivity contribution in [3.8, 4) is 11.1 Å². The molecule has 0 aliphatic heterocycles. The number of carboxylic acids is 1. The van der Waals surface area contributed by atoms with Gasteiger partial charge in [-0.1, -0.05) is 48.5 Å². The molecule has 1 aliphatic carbocycles. The zero-order chi connectivity index (χ0) is 21.5. The number of carboxylic acid groups (broad SMARTS) is 1. The molecule has 2 aromatic carbocycles. The SMILES string of the molecule is O=C([O-])CNC(=O)CNC(=O)CNC(=O)OCC1c2ccccc2-c2ccccc21. The third-order valence-electron chi connectivity index (χ3n) is 4.61. The number of benzene rings is 2. The average molecular weight is 410 g/mol. The highest BCUT2D eigenvalue weighted by molar-refractivity contribution is 5.88. The van der Waals surface area contributed by atoms with Gasteiger partial charge in [-0.2, -0.15) is 0 Å². The van der Waals surface area contributed by atoms with E-state index in [0.717, 1.165) is 22.3 Å². The van der Waals surface area contributed by atoms with Crippen molar-refractivity contribution < 1.29 is 29.0 Å². The van der Waals surface area contributed by atoms with Crippen molar-refractivity contribution in [1.82, 2.24) is 16.0 Å². The maximum Gasteiger partial charge on any atom is 0.407 e. The second kappa shape index (κ2) is 9.55. The third-order valence-corrected chi connectivity index (χ3v) is 4.61. The Kier molecular flexibility index (Phi) is 6.63. The van der Waals surface area contributed by atoms with E-state index in [4.69, 9.17) is 4.74 Å². The van der Waals surface area contributed by atoms with E-state index in [1.807, 2.05) is 53.8 Å². The molecular weight excluding hydrogens is 390 g/mol. The number of hydrogen-bond acceptors (Lipinski definition) is 6. The van der Waals surface area contributed by atoms with E-state index in [9.17, 15) is 24.3 Å². The summed E-state index contributed by atoms with van der Waals surface area (Å²) in [6.07, 6.45) is -0.756. The number of amides is 3. The lowest BCUT2D eigenvalue weighted by molar-refractivity contribution is -0.304. The highest BCUT2D eigenvalue weighted by Crippen LogP contribution is 2.44. The lowest BCUT2D eigenvalue weighted by Crippen LogP contribution is -2.44. The average Bonchev–Trinajstić information content (AvgIpc) is 3.07. The van der Waals surface area contributed by atoms with Crippen LogP contribution in [0.4, 0.5) is 4.79 Å². The normalized spacial score (nSPS) is 11.7. The first-order chi connectivity index (χ1) is 14.5. The largest absolute Gasteiger partial charge is 0.548 e. The summed E-state index contributed by atoms with van der Waals surface area (Å²) in [6.45, 7) is -1.33.